The lowest BCUT2D eigenvalue weighted by Gasteiger charge is -2.31. The lowest BCUT2D eigenvalue weighted by atomic mass is 9.93. The van der Waals surface area contributed by atoms with Crippen LogP contribution >= 0.6 is 0 Å². The Labute approximate surface area is 322 Å². The van der Waals surface area contributed by atoms with Crippen LogP contribution in [0.15, 0.2) is 224 Å². The van der Waals surface area contributed by atoms with E-state index in [1.807, 2.05) is 0 Å². The van der Waals surface area contributed by atoms with E-state index in [4.69, 9.17) is 0 Å². The highest BCUT2D eigenvalue weighted by Gasteiger charge is 2.22. The van der Waals surface area contributed by atoms with E-state index in [-0.39, 0.29) is 0 Å². The third-order valence-electron chi connectivity index (χ3n) is 10.8. The molecule has 0 unspecified atom stereocenters. The van der Waals surface area contributed by atoms with Crippen LogP contribution < -0.4 is 4.90 Å². The van der Waals surface area contributed by atoms with Crippen LogP contribution in [0.1, 0.15) is 0 Å². The Morgan fingerprint density at radius 1 is 0.218 bits per heavy atom. The summed E-state index contributed by atoms with van der Waals surface area (Å²) in [4.78, 5) is 2.47. The fourth-order valence-corrected chi connectivity index (χ4v) is 8.00. The summed E-state index contributed by atoms with van der Waals surface area (Å²) in [5.74, 6) is 0. The highest BCUT2D eigenvalue weighted by Crippen LogP contribution is 2.47. The van der Waals surface area contributed by atoms with Crippen LogP contribution in [0.3, 0.4) is 0 Å². The molecule has 1 heteroatoms. The minimum Gasteiger partial charge on any atom is -0.309 e. The molecule has 10 rings (SSSR count). The van der Waals surface area contributed by atoms with Gasteiger partial charge >= 0.3 is 0 Å². The van der Waals surface area contributed by atoms with Gasteiger partial charge in [-0.2, -0.15) is 0 Å². The maximum atomic E-state index is 2.47. The zero-order valence-electron chi connectivity index (χ0n) is 30.3. The Bertz CT molecular complexity index is 2990. The van der Waals surface area contributed by atoms with E-state index in [9.17, 15) is 0 Å². The summed E-state index contributed by atoms with van der Waals surface area (Å²) in [5, 5.41) is 7.40. The summed E-state index contributed by atoms with van der Waals surface area (Å²) < 4.78 is 0. The van der Waals surface area contributed by atoms with Gasteiger partial charge in [-0.3, -0.25) is 0 Å². The summed E-state index contributed by atoms with van der Waals surface area (Å²) in [6, 6.07) is 81.8. The topological polar surface area (TPSA) is 3.24 Å². The molecule has 258 valence electrons. The van der Waals surface area contributed by atoms with Crippen LogP contribution in [0, 0.1) is 0 Å². The lowest BCUT2D eigenvalue weighted by molar-refractivity contribution is 1.28. The van der Waals surface area contributed by atoms with E-state index < -0.39 is 0 Å². The van der Waals surface area contributed by atoms with Gasteiger partial charge in [0.1, 0.15) is 0 Å². The van der Waals surface area contributed by atoms with Gasteiger partial charge in [-0.1, -0.05) is 182 Å². The average Bonchev–Trinajstić information content (AvgIpc) is 3.26. The summed E-state index contributed by atoms with van der Waals surface area (Å²) in [5.41, 5.74) is 12.7. The van der Waals surface area contributed by atoms with Crippen molar-refractivity contribution in [2.75, 3.05) is 4.90 Å². The van der Waals surface area contributed by atoms with Gasteiger partial charge in [0, 0.05) is 16.8 Å². The molecule has 0 aliphatic carbocycles. The first-order valence-electron chi connectivity index (χ1n) is 18.9. The smallest absolute Gasteiger partial charge is 0.0546 e. The van der Waals surface area contributed by atoms with Crippen molar-refractivity contribution in [3.05, 3.63) is 224 Å². The van der Waals surface area contributed by atoms with Crippen molar-refractivity contribution in [1.82, 2.24) is 0 Å². The standard InChI is InChI=1S/C54H37N/c1-2-16-41(17-3-1)51-23-10-11-24-53(51)55(50-22-12-21-45(36-50)46-28-25-38-13-4-7-18-42(38)33-46)54-37-48(47-29-26-39-14-5-8-19-43(39)34-47)31-32-52(54)49-30-27-40-15-6-9-20-44(40)35-49/h1-37H. The molecule has 0 saturated heterocycles. The van der Waals surface area contributed by atoms with Gasteiger partial charge in [0.05, 0.1) is 11.4 Å². The van der Waals surface area contributed by atoms with Crippen molar-refractivity contribution in [2.24, 2.45) is 0 Å². The molecule has 0 radical (unpaired) electrons. The van der Waals surface area contributed by atoms with Gasteiger partial charge < -0.3 is 4.90 Å². The average molecular weight is 700 g/mol. The fraction of sp³-hybridized carbons (Fsp3) is 0. The molecular weight excluding hydrogens is 663 g/mol. The molecule has 0 fully saturated rings. The summed E-state index contributed by atoms with van der Waals surface area (Å²) >= 11 is 0. The molecule has 0 aromatic heterocycles. The molecule has 10 aromatic carbocycles. The van der Waals surface area contributed by atoms with E-state index in [0.717, 1.165) is 28.2 Å². The highest BCUT2D eigenvalue weighted by molar-refractivity contribution is 5.98. The lowest BCUT2D eigenvalue weighted by Crippen LogP contribution is -2.13. The quantitative estimate of drug-likeness (QED) is 0.160. The van der Waals surface area contributed by atoms with Gasteiger partial charge in [-0.15, -0.1) is 0 Å². The molecule has 0 aliphatic heterocycles. The number of benzene rings is 10. The summed E-state index contributed by atoms with van der Waals surface area (Å²) in [6.07, 6.45) is 0. The molecular formula is C54H37N. The largest absolute Gasteiger partial charge is 0.309 e. The van der Waals surface area contributed by atoms with E-state index in [1.165, 1.54) is 65.7 Å². The minimum absolute atomic E-state index is 1.09. The van der Waals surface area contributed by atoms with Gasteiger partial charge in [0.15, 0.2) is 0 Å². The molecule has 0 atom stereocenters. The van der Waals surface area contributed by atoms with Gasteiger partial charge in [-0.25, -0.2) is 0 Å². The molecule has 10 aromatic rings. The Kier molecular flexibility index (Phi) is 8.24. The van der Waals surface area contributed by atoms with E-state index in [1.54, 1.807) is 0 Å². The normalized spacial score (nSPS) is 11.3. The van der Waals surface area contributed by atoms with Gasteiger partial charge in [-0.05, 0) is 108 Å². The number of hydrogen-bond donors (Lipinski definition) is 0. The molecule has 0 N–H and O–H groups in total. The van der Waals surface area contributed by atoms with Crippen molar-refractivity contribution in [2.45, 2.75) is 0 Å². The Hall–Kier alpha value is -7.22. The first-order valence-corrected chi connectivity index (χ1v) is 18.9. The molecule has 0 amide bonds. The van der Waals surface area contributed by atoms with E-state index >= 15 is 0 Å². The van der Waals surface area contributed by atoms with Crippen molar-refractivity contribution >= 4 is 49.4 Å². The van der Waals surface area contributed by atoms with Crippen molar-refractivity contribution in [3.8, 4) is 44.5 Å². The second-order valence-electron chi connectivity index (χ2n) is 14.2. The van der Waals surface area contributed by atoms with Gasteiger partial charge in [0.2, 0.25) is 0 Å². The Morgan fingerprint density at radius 3 is 1.29 bits per heavy atom. The number of hydrogen-bond acceptors (Lipinski definition) is 1. The second-order valence-corrected chi connectivity index (χ2v) is 14.2. The predicted molar refractivity (Wildman–Crippen MR) is 235 cm³/mol. The molecule has 1 nitrogen and oxygen atoms in total. The SMILES string of the molecule is c1ccc(-c2ccccc2N(c2cccc(-c3ccc4ccccc4c3)c2)c2cc(-c3ccc4ccccc4c3)ccc2-c2ccc3ccccc3c2)cc1. The molecule has 0 bridgehead atoms. The number of anilines is 3. The minimum atomic E-state index is 1.09. The summed E-state index contributed by atoms with van der Waals surface area (Å²) in [6.45, 7) is 0. The maximum absolute atomic E-state index is 2.47. The summed E-state index contributed by atoms with van der Waals surface area (Å²) in [7, 11) is 0. The maximum Gasteiger partial charge on any atom is 0.0546 e. The second kappa shape index (κ2) is 14.0. The predicted octanol–water partition coefficient (Wildman–Crippen LogP) is 15.3. The molecule has 0 aliphatic rings. The fourth-order valence-electron chi connectivity index (χ4n) is 8.00. The van der Waals surface area contributed by atoms with Crippen LogP contribution in [-0.2, 0) is 0 Å². The number of fused-ring (bicyclic) bond motifs is 3. The first kappa shape index (κ1) is 32.4. The zero-order chi connectivity index (χ0) is 36.6. The van der Waals surface area contributed by atoms with Crippen molar-refractivity contribution in [1.29, 1.82) is 0 Å². The number of nitrogens with zero attached hydrogens (tertiary/aromatic N) is 1. The number of rotatable bonds is 7. The van der Waals surface area contributed by atoms with E-state index in [0.29, 0.717) is 0 Å². The first-order chi connectivity index (χ1) is 27.2. The zero-order valence-corrected chi connectivity index (χ0v) is 30.3. The molecule has 0 saturated carbocycles. The van der Waals surface area contributed by atoms with Crippen LogP contribution in [0.4, 0.5) is 17.1 Å². The van der Waals surface area contributed by atoms with Crippen LogP contribution in [0.5, 0.6) is 0 Å². The number of para-hydroxylation sites is 1. The highest BCUT2D eigenvalue weighted by atomic mass is 15.1. The molecule has 0 spiro atoms. The Balaban J connectivity index is 1.24. The van der Waals surface area contributed by atoms with Crippen molar-refractivity contribution < 1.29 is 0 Å². The van der Waals surface area contributed by atoms with Crippen LogP contribution in [0.2, 0.25) is 0 Å². The van der Waals surface area contributed by atoms with Crippen molar-refractivity contribution in [3.63, 3.8) is 0 Å². The van der Waals surface area contributed by atoms with E-state index in [2.05, 4.69) is 229 Å². The Morgan fingerprint density at radius 2 is 0.655 bits per heavy atom. The molecule has 0 heterocycles. The van der Waals surface area contributed by atoms with Gasteiger partial charge in [0.25, 0.3) is 0 Å². The van der Waals surface area contributed by atoms with Crippen LogP contribution in [0.25, 0.3) is 76.8 Å². The van der Waals surface area contributed by atoms with Crippen LogP contribution in [-0.4, -0.2) is 0 Å². The molecule has 55 heavy (non-hydrogen) atoms. The third kappa shape index (κ3) is 6.22. The third-order valence-corrected chi connectivity index (χ3v) is 10.8. The monoisotopic (exact) mass is 699 g/mol.